The molecule has 1 aromatic carbocycles. The molecule has 0 aliphatic rings. The van der Waals surface area contributed by atoms with Crippen LogP contribution < -0.4 is 10.1 Å². The van der Waals surface area contributed by atoms with Crippen LogP contribution >= 0.6 is 23.2 Å². The van der Waals surface area contributed by atoms with Gasteiger partial charge in [0, 0.05) is 23.9 Å². The van der Waals surface area contributed by atoms with Gasteiger partial charge in [0.15, 0.2) is 5.75 Å². The molecule has 2 N–H and O–H groups in total. The Morgan fingerprint density at radius 2 is 2.11 bits per heavy atom. The number of carbonyl (C=O) groups is 1. The van der Waals surface area contributed by atoms with Crippen molar-refractivity contribution in [2.24, 2.45) is 0 Å². The van der Waals surface area contributed by atoms with Crippen molar-refractivity contribution in [3.63, 3.8) is 0 Å². The van der Waals surface area contributed by atoms with Crippen molar-refractivity contribution in [3.8, 4) is 5.75 Å². The van der Waals surface area contributed by atoms with Gasteiger partial charge in [-0.05, 0) is 12.1 Å². The summed E-state index contributed by atoms with van der Waals surface area (Å²) >= 11 is 11.9. The lowest BCUT2D eigenvalue weighted by atomic mass is 10.2. The van der Waals surface area contributed by atoms with Crippen LogP contribution in [0, 0.1) is 0 Å². The number of aromatic amines is 1. The summed E-state index contributed by atoms with van der Waals surface area (Å²) in [6.07, 6.45) is 3.34. The minimum absolute atomic E-state index is 0.271. The Kier molecular flexibility index (Phi) is 4.29. The van der Waals surface area contributed by atoms with Crippen LogP contribution in [0.4, 0.5) is 0 Å². The standard InChI is InChI=1S/C12H11Cl2N3O2/c1-19-11-9(13)2-8(3-10(11)14)12(18)15-4-7-5-16-17-6-7/h2-3,5-6H,4H2,1H3,(H,15,18)(H,16,17). The SMILES string of the molecule is COc1c(Cl)cc(C(=O)NCc2cn[nH]c2)cc1Cl. The minimum atomic E-state index is -0.271. The molecular formula is C12H11Cl2N3O2. The number of ether oxygens (including phenoxy) is 1. The molecule has 100 valence electrons. The van der Waals surface area contributed by atoms with E-state index in [-0.39, 0.29) is 5.91 Å². The van der Waals surface area contributed by atoms with Gasteiger partial charge in [0.1, 0.15) is 0 Å². The Bertz CT molecular complexity index is 562. The van der Waals surface area contributed by atoms with E-state index in [9.17, 15) is 4.79 Å². The minimum Gasteiger partial charge on any atom is -0.494 e. The number of carbonyl (C=O) groups excluding carboxylic acids is 1. The number of amides is 1. The highest BCUT2D eigenvalue weighted by atomic mass is 35.5. The third kappa shape index (κ3) is 3.19. The molecule has 0 atom stereocenters. The van der Waals surface area contributed by atoms with Crippen molar-refractivity contribution in [1.82, 2.24) is 15.5 Å². The fourth-order valence-corrected chi connectivity index (χ4v) is 2.19. The van der Waals surface area contributed by atoms with Crippen molar-refractivity contribution < 1.29 is 9.53 Å². The summed E-state index contributed by atoms with van der Waals surface area (Å²) in [5.41, 5.74) is 1.25. The highest BCUT2D eigenvalue weighted by molar-refractivity contribution is 6.37. The molecule has 0 spiro atoms. The van der Waals surface area contributed by atoms with E-state index in [1.54, 1.807) is 12.4 Å². The van der Waals surface area contributed by atoms with Gasteiger partial charge in [0.2, 0.25) is 0 Å². The van der Waals surface area contributed by atoms with Crippen LogP contribution in [0.5, 0.6) is 5.75 Å². The van der Waals surface area contributed by atoms with E-state index >= 15 is 0 Å². The molecule has 0 saturated carbocycles. The smallest absolute Gasteiger partial charge is 0.251 e. The van der Waals surface area contributed by atoms with Crippen molar-refractivity contribution in [1.29, 1.82) is 0 Å². The molecule has 0 fully saturated rings. The van der Waals surface area contributed by atoms with E-state index in [1.807, 2.05) is 0 Å². The average molecular weight is 300 g/mol. The molecule has 2 rings (SSSR count). The van der Waals surface area contributed by atoms with E-state index in [4.69, 9.17) is 27.9 Å². The summed E-state index contributed by atoms with van der Waals surface area (Å²) in [6.45, 7) is 0.372. The molecular weight excluding hydrogens is 289 g/mol. The summed E-state index contributed by atoms with van der Waals surface area (Å²) in [4.78, 5) is 11.9. The normalized spacial score (nSPS) is 10.3. The van der Waals surface area contributed by atoms with E-state index in [1.165, 1.54) is 19.2 Å². The van der Waals surface area contributed by atoms with Gasteiger partial charge < -0.3 is 10.1 Å². The molecule has 0 unspecified atom stereocenters. The van der Waals surface area contributed by atoms with Crippen LogP contribution in [0.15, 0.2) is 24.5 Å². The number of H-pyrrole nitrogens is 1. The van der Waals surface area contributed by atoms with Crippen LogP contribution in [0.1, 0.15) is 15.9 Å². The molecule has 0 bridgehead atoms. The fourth-order valence-electron chi connectivity index (χ4n) is 1.54. The monoisotopic (exact) mass is 299 g/mol. The largest absolute Gasteiger partial charge is 0.494 e. The summed E-state index contributed by atoms with van der Waals surface area (Å²) in [6, 6.07) is 3.02. The first-order valence-corrected chi connectivity index (χ1v) is 6.16. The molecule has 0 saturated heterocycles. The van der Waals surface area contributed by atoms with Crippen molar-refractivity contribution in [2.75, 3.05) is 7.11 Å². The molecule has 5 nitrogen and oxygen atoms in total. The summed E-state index contributed by atoms with van der Waals surface area (Å²) in [5.74, 6) is 0.0855. The first-order chi connectivity index (χ1) is 9.11. The van der Waals surface area contributed by atoms with Gasteiger partial charge in [-0.2, -0.15) is 5.10 Å². The second-order valence-electron chi connectivity index (χ2n) is 3.76. The predicted octanol–water partition coefficient (Wildman–Crippen LogP) is 2.66. The molecule has 7 heteroatoms. The Morgan fingerprint density at radius 3 is 2.63 bits per heavy atom. The number of aromatic nitrogens is 2. The van der Waals surface area contributed by atoms with Crippen LogP contribution in [0.2, 0.25) is 10.0 Å². The average Bonchev–Trinajstić information content (AvgIpc) is 2.88. The van der Waals surface area contributed by atoms with Crippen molar-refractivity contribution >= 4 is 29.1 Å². The second-order valence-corrected chi connectivity index (χ2v) is 4.58. The lowest BCUT2D eigenvalue weighted by Gasteiger charge is -2.09. The number of hydrogen-bond donors (Lipinski definition) is 2. The van der Waals surface area contributed by atoms with E-state index in [0.29, 0.717) is 27.9 Å². The number of nitrogens with one attached hydrogen (secondary N) is 2. The van der Waals surface area contributed by atoms with E-state index in [2.05, 4.69) is 15.5 Å². The first-order valence-electron chi connectivity index (χ1n) is 5.40. The van der Waals surface area contributed by atoms with Crippen LogP contribution in [0.3, 0.4) is 0 Å². The molecule has 0 aliphatic heterocycles. The Labute approximate surface area is 119 Å². The molecule has 0 aliphatic carbocycles. The van der Waals surface area contributed by atoms with Crippen molar-refractivity contribution in [2.45, 2.75) is 6.54 Å². The summed E-state index contributed by atoms with van der Waals surface area (Å²) < 4.78 is 5.02. The topological polar surface area (TPSA) is 67.0 Å². The zero-order chi connectivity index (χ0) is 13.8. The Hall–Kier alpha value is -1.72. The number of methoxy groups -OCH3 is 1. The fraction of sp³-hybridized carbons (Fsp3) is 0.167. The molecule has 1 amide bonds. The third-order valence-corrected chi connectivity index (χ3v) is 3.03. The van der Waals surface area contributed by atoms with Gasteiger partial charge >= 0.3 is 0 Å². The zero-order valence-electron chi connectivity index (χ0n) is 10.0. The van der Waals surface area contributed by atoms with Crippen LogP contribution in [-0.4, -0.2) is 23.2 Å². The number of benzene rings is 1. The maximum absolute atomic E-state index is 11.9. The van der Waals surface area contributed by atoms with Gasteiger partial charge in [-0.3, -0.25) is 9.89 Å². The number of rotatable bonds is 4. The second kappa shape index (κ2) is 5.95. The van der Waals surface area contributed by atoms with Crippen LogP contribution in [0.25, 0.3) is 0 Å². The Balaban J connectivity index is 2.11. The maximum atomic E-state index is 11.9. The lowest BCUT2D eigenvalue weighted by Crippen LogP contribution is -2.22. The van der Waals surface area contributed by atoms with E-state index < -0.39 is 0 Å². The van der Waals surface area contributed by atoms with Crippen molar-refractivity contribution in [3.05, 3.63) is 45.7 Å². The summed E-state index contributed by atoms with van der Waals surface area (Å²) in [5, 5.41) is 9.78. The lowest BCUT2D eigenvalue weighted by molar-refractivity contribution is 0.0951. The quantitative estimate of drug-likeness (QED) is 0.912. The van der Waals surface area contributed by atoms with E-state index in [0.717, 1.165) is 5.56 Å². The maximum Gasteiger partial charge on any atom is 0.251 e. The Morgan fingerprint density at radius 1 is 1.42 bits per heavy atom. The highest BCUT2D eigenvalue weighted by Crippen LogP contribution is 2.33. The molecule has 1 aromatic heterocycles. The first kappa shape index (κ1) is 13.7. The summed E-state index contributed by atoms with van der Waals surface area (Å²) in [7, 11) is 1.46. The van der Waals surface area contributed by atoms with Gasteiger partial charge in [-0.1, -0.05) is 23.2 Å². The predicted molar refractivity (Wildman–Crippen MR) is 72.8 cm³/mol. The number of nitrogens with zero attached hydrogens (tertiary/aromatic N) is 1. The number of hydrogen-bond acceptors (Lipinski definition) is 3. The molecule has 2 aromatic rings. The van der Waals surface area contributed by atoms with Gasteiger partial charge in [-0.25, -0.2) is 0 Å². The molecule has 1 heterocycles. The third-order valence-electron chi connectivity index (χ3n) is 2.47. The molecule has 19 heavy (non-hydrogen) atoms. The highest BCUT2D eigenvalue weighted by Gasteiger charge is 2.13. The van der Waals surface area contributed by atoms with Crippen LogP contribution in [-0.2, 0) is 6.54 Å². The van der Waals surface area contributed by atoms with Gasteiger partial charge in [0.25, 0.3) is 5.91 Å². The van der Waals surface area contributed by atoms with Gasteiger partial charge in [-0.15, -0.1) is 0 Å². The van der Waals surface area contributed by atoms with Gasteiger partial charge in [0.05, 0.1) is 23.4 Å². The molecule has 0 radical (unpaired) electrons. The number of halogens is 2. The zero-order valence-corrected chi connectivity index (χ0v) is 11.5.